The van der Waals surface area contributed by atoms with Crippen molar-refractivity contribution in [2.75, 3.05) is 32.6 Å². The number of hydrogen-bond acceptors (Lipinski definition) is 10. The molecule has 0 saturated carbocycles. The van der Waals surface area contributed by atoms with E-state index in [9.17, 15) is 13.2 Å². The van der Waals surface area contributed by atoms with Gasteiger partial charge in [-0.2, -0.15) is 13.5 Å². The Morgan fingerprint density at radius 1 is 1.24 bits per heavy atom. The number of amides is 1. The van der Waals surface area contributed by atoms with E-state index in [1.54, 1.807) is 0 Å². The van der Waals surface area contributed by atoms with Gasteiger partial charge >= 0.3 is 6.09 Å². The zero-order valence-corrected chi connectivity index (χ0v) is 27.9. The van der Waals surface area contributed by atoms with Crippen LogP contribution in [0, 0.1) is 0 Å². The van der Waals surface area contributed by atoms with Gasteiger partial charge in [0.2, 0.25) is 8.32 Å². The first-order chi connectivity index (χ1) is 19.7. The van der Waals surface area contributed by atoms with Gasteiger partial charge in [0.15, 0.2) is 6.23 Å². The van der Waals surface area contributed by atoms with Crippen LogP contribution in [-0.2, 0) is 30.2 Å². The first-order valence-electron chi connectivity index (χ1n) is 14.3. The number of fused-ring (bicyclic) bond motifs is 1. The summed E-state index contributed by atoms with van der Waals surface area (Å²) in [5.41, 5.74) is 1.83. The summed E-state index contributed by atoms with van der Waals surface area (Å²) in [5.74, 6) is 0.839. The van der Waals surface area contributed by atoms with Crippen molar-refractivity contribution >= 4 is 46.8 Å². The fourth-order valence-electron chi connectivity index (χ4n) is 4.24. The molecule has 1 fully saturated rings. The van der Waals surface area contributed by atoms with Gasteiger partial charge in [-0.1, -0.05) is 20.8 Å². The van der Waals surface area contributed by atoms with Crippen LogP contribution in [0.2, 0.25) is 18.1 Å². The van der Waals surface area contributed by atoms with Crippen molar-refractivity contribution < 1.29 is 31.3 Å². The highest BCUT2D eigenvalue weighted by Gasteiger charge is 2.39. The predicted molar refractivity (Wildman–Crippen MR) is 166 cm³/mol. The van der Waals surface area contributed by atoms with Gasteiger partial charge in [0.25, 0.3) is 10.1 Å². The van der Waals surface area contributed by atoms with E-state index in [1.165, 1.54) is 11.3 Å². The van der Waals surface area contributed by atoms with Gasteiger partial charge in [0.1, 0.15) is 11.4 Å². The summed E-state index contributed by atoms with van der Waals surface area (Å²) >= 11 is 1.52. The maximum absolute atomic E-state index is 12.0. The monoisotopic (exact) mass is 638 g/mol. The van der Waals surface area contributed by atoms with Gasteiger partial charge in [-0.3, -0.25) is 4.18 Å². The van der Waals surface area contributed by atoms with Gasteiger partial charge in [-0.15, -0.1) is 11.3 Å². The maximum atomic E-state index is 12.0. The fraction of sp³-hybridized carbons (Fsp3) is 0.607. The van der Waals surface area contributed by atoms with E-state index in [1.807, 2.05) is 16.9 Å². The number of nitrogens with one attached hydrogen (secondary N) is 1. The zero-order valence-electron chi connectivity index (χ0n) is 25.3. The van der Waals surface area contributed by atoms with Crippen LogP contribution in [0.5, 0.6) is 5.75 Å². The van der Waals surface area contributed by atoms with Crippen LogP contribution >= 0.6 is 11.3 Å². The molecule has 1 atom stereocenters. The molecular weight excluding hydrogens is 597 g/mol. The van der Waals surface area contributed by atoms with Gasteiger partial charge in [0.05, 0.1) is 34.9 Å². The summed E-state index contributed by atoms with van der Waals surface area (Å²) in [4.78, 5) is 17.5. The number of carbonyl (C=O) groups is 1. The molecule has 0 radical (unpaired) electrons. The molecule has 1 aliphatic rings. The number of ether oxygens (including phenoxy) is 2. The van der Waals surface area contributed by atoms with Gasteiger partial charge < -0.3 is 19.2 Å². The second-order valence-electron chi connectivity index (χ2n) is 12.0. The van der Waals surface area contributed by atoms with E-state index in [0.29, 0.717) is 12.8 Å². The number of alkyl carbamates (subject to hydrolysis) is 1. The van der Waals surface area contributed by atoms with Crippen molar-refractivity contribution in [2.45, 2.75) is 77.2 Å². The van der Waals surface area contributed by atoms with Crippen LogP contribution in [0.3, 0.4) is 0 Å². The number of nitrogens with zero attached hydrogens (tertiary/aromatic N) is 3. The number of benzene rings is 1. The minimum Gasteiger partial charge on any atom is -0.543 e. The highest BCUT2D eigenvalue weighted by atomic mass is 32.2. The molecule has 1 unspecified atom stereocenters. The molecule has 42 heavy (non-hydrogen) atoms. The van der Waals surface area contributed by atoms with E-state index in [-0.39, 0.29) is 31.0 Å². The highest BCUT2D eigenvalue weighted by molar-refractivity contribution is 7.85. The number of thiazole rings is 1. The van der Waals surface area contributed by atoms with Crippen LogP contribution in [0.4, 0.5) is 4.79 Å². The Morgan fingerprint density at radius 3 is 2.71 bits per heavy atom. The SMILES string of the molecule is CC(C)(C)[Si](C)(C)Oc1ccc2c(c1)c(-c1cnc(CCOC(=O)NCCCOS(C)(=O)=O)s1)nn2C1CCCCO1. The van der Waals surface area contributed by atoms with Crippen LogP contribution in [-0.4, -0.2) is 70.2 Å². The van der Waals surface area contributed by atoms with E-state index in [4.69, 9.17) is 19.0 Å². The van der Waals surface area contributed by atoms with Crippen molar-refractivity contribution in [3.8, 4) is 16.3 Å². The molecule has 0 bridgehead atoms. The number of aromatic nitrogens is 3. The molecule has 3 heterocycles. The number of carbonyl (C=O) groups excluding carboxylic acids is 1. The van der Waals surface area contributed by atoms with E-state index in [0.717, 1.165) is 64.4 Å². The summed E-state index contributed by atoms with van der Waals surface area (Å²) in [6.07, 6.45) is 6.00. The van der Waals surface area contributed by atoms with Gasteiger partial charge in [0, 0.05) is 31.2 Å². The lowest BCUT2D eigenvalue weighted by Gasteiger charge is -2.36. The van der Waals surface area contributed by atoms with Crippen LogP contribution < -0.4 is 9.74 Å². The molecule has 1 N–H and O–H groups in total. The highest BCUT2D eigenvalue weighted by Crippen LogP contribution is 2.40. The molecule has 3 aromatic rings. The molecule has 11 nitrogen and oxygen atoms in total. The largest absolute Gasteiger partial charge is 0.543 e. The van der Waals surface area contributed by atoms with E-state index in [2.05, 4.69) is 60.5 Å². The smallest absolute Gasteiger partial charge is 0.407 e. The summed E-state index contributed by atoms with van der Waals surface area (Å²) < 4.78 is 46.6. The molecule has 1 aliphatic heterocycles. The minimum atomic E-state index is -3.49. The average molecular weight is 639 g/mol. The Hall–Kier alpha value is -2.52. The standard InChI is InChI=1S/C28H42N4O7S2Si/c1-28(2,3)42(5,6)39-20-11-12-22-21(18-20)26(31-32(22)25-10-7-8-15-36-25)23-19-30-24(40-23)13-17-37-27(33)29-14-9-16-38-41(4,34)35/h11-12,18-19,25H,7-10,13-17H2,1-6H3,(H,29,33). The molecule has 1 aromatic carbocycles. The topological polar surface area (TPSA) is 131 Å². The van der Waals surface area contributed by atoms with Gasteiger partial charge in [-0.05, 0) is 62.0 Å². The Morgan fingerprint density at radius 2 is 2.02 bits per heavy atom. The minimum absolute atomic E-state index is 0.00221. The second-order valence-corrected chi connectivity index (χ2v) is 19.5. The van der Waals surface area contributed by atoms with Crippen LogP contribution in [0.15, 0.2) is 24.4 Å². The third-order valence-electron chi connectivity index (χ3n) is 7.51. The quantitative estimate of drug-likeness (QED) is 0.147. The third kappa shape index (κ3) is 8.53. The second kappa shape index (κ2) is 13.4. The summed E-state index contributed by atoms with van der Waals surface area (Å²) in [6, 6.07) is 6.20. The molecule has 232 valence electrons. The lowest BCUT2D eigenvalue weighted by atomic mass is 10.1. The molecule has 2 aromatic heterocycles. The molecule has 0 aliphatic carbocycles. The van der Waals surface area contributed by atoms with Crippen molar-refractivity contribution in [3.05, 3.63) is 29.4 Å². The lowest BCUT2D eigenvalue weighted by Crippen LogP contribution is -2.43. The van der Waals surface area contributed by atoms with Crippen LogP contribution in [0.25, 0.3) is 21.5 Å². The molecule has 14 heteroatoms. The van der Waals surface area contributed by atoms with Gasteiger partial charge in [-0.25, -0.2) is 14.5 Å². The molecule has 1 saturated heterocycles. The van der Waals surface area contributed by atoms with Crippen molar-refractivity contribution in [1.29, 1.82) is 0 Å². The summed E-state index contributed by atoms with van der Waals surface area (Å²) in [6.45, 7) is 12.3. The fourth-order valence-corrected chi connectivity index (χ4v) is 6.58. The maximum Gasteiger partial charge on any atom is 0.407 e. The molecular formula is C28H42N4O7S2Si. The van der Waals surface area contributed by atoms with Crippen molar-refractivity contribution in [3.63, 3.8) is 0 Å². The normalized spacial score (nSPS) is 16.5. The molecule has 0 spiro atoms. The Balaban J connectivity index is 1.46. The average Bonchev–Trinajstić information content (AvgIpc) is 3.52. The lowest BCUT2D eigenvalue weighted by molar-refractivity contribution is -0.0365. The van der Waals surface area contributed by atoms with Crippen molar-refractivity contribution in [1.82, 2.24) is 20.1 Å². The first kappa shape index (κ1) is 32.4. The van der Waals surface area contributed by atoms with Crippen LogP contribution in [0.1, 0.15) is 57.7 Å². The van der Waals surface area contributed by atoms with Crippen molar-refractivity contribution in [2.24, 2.45) is 0 Å². The Kier molecular flexibility index (Phi) is 10.3. The Labute approximate surface area is 253 Å². The summed E-state index contributed by atoms with van der Waals surface area (Å²) in [5, 5.41) is 9.50. The first-order valence-corrected chi connectivity index (χ1v) is 19.8. The van der Waals surface area contributed by atoms with E-state index < -0.39 is 24.5 Å². The molecule has 1 amide bonds. The number of rotatable bonds is 12. The number of hydrogen-bond donors (Lipinski definition) is 1. The predicted octanol–water partition coefficient (Wildman–Crippen LogP) is 5.88. The zero-order chi connectivity index (χ0) is 30.5. The third-order valence-corrected chi connectivity index (χ3v) is 13.5. The molecule has 4 rings (SSSR count). The Bertz CT molecular complexity index is 1470. The van der Waals surface area contributed by atoms with E-state index >= 15 is 0 Å². The summed E-state index contributed by atoms with van der Waals surface area (Å²) in [7, 11) is -5.52.